The van der Waals surface area contributed by atoms with E-state index in [4.69, 9.17) is 22.3 Å². The fraction of sp³-hybridized carbons (Fsp3) is 1.00. The van der Waals surface area contributed by atoms with Gasteiger partial charge >= 0.3 is 0 Å². The summed E-state index contributed by atoms with van der Waals surface area (Å²) < 4.78 is 0. The third kappa shape index (κ3) is 5.23. The Bertz CT molecular complexity index is 41.3. The first-order chi connectivity index (χ1) is 2.56. The van der Waals surface area contributed by atoms with Crippen molar-refractivity contribution in [1.29, 1.82) is 0 Å². The highest BCUT2D eigenvalue weighted by molar-refractivity contribution is 8.06. The van der Waals surface area contributed by atoms with Gasteiger partial charge < -0.3 is 0 Å². The van der Waals surface area contributed by atoms with Crippen molar-refractivity contribution in [3.05, 3.63) is 0 Å². The van der Waals surface area contributed by atoms with E-state index in [2.05, 4.69) is 0 Å². The van der Waals surface area contributed by atoms with Crippen LogP contribution in [0.2, 0.25) is 13.1 Å². The van der Waals surface area contributed by atoms with Gasteiger partial charge in [-0.1, -0.05) is 13.1 Å². The lowest BCUT2D eigenvalue weighted by Gasteiger charge is -2.03. The first-order valence-electron chi connectivity index (χ1n) is 1.63. The Morgan fingerprint density at radius 3 is 1.67 bits per heavy atom. The molecule has 0 fully saturated rings. The van der Waals surface area contributed by atoms with Crippen molar-refractivity contribution in [2.24, 2.45) is 0 Å². The Kier molecular flexibility index (Phi) is 3.03. The van der Waals surface area contributed by atoms with E-state index in [1.54, 1.807) is 0 Å². The number of halogens is 2. The van der Waals surface area contributed by atoms with Gasteiger partial charge in [0.25, 0.3) is 0 Å². The van der Waals surface area contributed by atoms with E-state index < -0.39 is 7.05 Å². The van der Waals surface area contributed by atoms with Crippen LogP contribution in [0.25, 0.3) is 0 Å². The van der Waals surface area contributed by atoms with Crippen molar-refractivity contribution in [3.63, 3.8) is 0 Å². The van der Waals surface area contributed by atoms with Gasteiger partial charge in [0.1, 0.15) is 0 Å². The molecule has 0 aliphatic heterocycles. The quantitative estimate of drug-likeness (QED) is 0.315. The normalized spacial score (nSPS) is 14.0. The molecule has 0 heterocycles. The molecule has 0 radical (unpaired) electrons. The van der Waals surface area contributed by atoms with Gasteiger partial charge in [-0.3, -0.25) is 0 Å². The fourth-order valence-corrected chi connectivity index (χ4v) is 0. The Labute approximate surface area is 50.4 Å². The maximum atomic E-state index is 5.74. The highest BCUT2D eigenvalue weighted by Gasteiger charge is 2.13. The van der Waals surface area contributed by atoms with Crippen LogP contribution < -0.4 is 0 Å². The van der Waals surface area contributed by atoms with E-state index in [0.29, 0.717) is 7.48 Å². The average Bonchev–Trinajstić information content (AvgIpc) is 1.35. The lowest BCUT2D eigenvalue weighted by atomic mass is 11.9. The minimum absolute atomic E-state index is 0.444. The minimum Gasteiger partial charge on any atom is -0.160 e. The van der Waals surface area contributed by atoms with E-state index >= 15 is 0 Å². The van der Waals surface area contributed by atoms with Crippen LogP contribution in [0.5, 0.6) is 0 Å². The highest BCUT2D eigenvalue weighted by atomic mass is 35.7. The molecule has 0 rings (SSSR count). The summed E-state index contributed by atoms with van der Waals surface area (Å²) in [5.41, 5.74) is 0. The smallest absolute Gasteiger partial charge is 0.160 e. The van der Waals surface area contributed by atoms with Crippen molar-refractivity contribution in [3.8, 4) is 0 Å². The molecule has 0 amide bonds. The summed E-state index contributed by atoms with van der Waals surface area (Å²) >= 11 is 11.2. The molecule has 4 heteroatoms. The summed E-state index contributed by atoms with van der Waals surface area (Å²) in [4.78, 5) is 0. The zero-order valence-corrected chi connectivity index (χ0v) is 7.27. The number of hydrogen-bond acceptors (Lipinski definition) is 0. The van der Waals surface area contributed by atoms with E-state index in [-0.39, 0.29) is 0 Å². The molecule has 6 heavy (non-hydrogen) atoms. The second kappa shape index (κ2) is 2.51. The van der Waals surface area contributed by atoms with Gasteiger partial charge in [-0.25, -0.2) is 0 Å². The fourth-order valence-electron chi connectivity index (χ4n) is 0. The number of rotatable bonds is 1. The van der Waals surface area contributed by atoms with Gasteiger partial charge in [-0.15, -0.1) is 11.2 Å². The van der Waals surface area contributed by atoms with Crippen LogP contribution >= 0.6 is 29.8 Å². The molecular formula is C2H7Cl2PSi. The van der Waals surface area contributed by atoms with Crippen molar-refractivity contribution in [2.75, 3.05) is 0 Å². The summed E-state index contributed by atoms with van der Waals surface area (Å²) in [5, 5.41) is 0. The van der Waals surface area contributed by atoms with E-state index in [1.807, 2.05) is 13.1 Å². The van der Waals surface area contributed by atoms with E-state index in [1.165, 1.54) is 0 Å². The van der Waals surface area contributed by atoms with Crippen LogP contribution in [0.1, 0.15) is 0 Å². The third-order valence-corrected chi connectivity index (χ3v) is 8.00. The number of hydrogen-bond donors (Lipinski definition) is 0. The van der Waals surface area contributed by atoms with Crippen LogP contribution in [0.15, 0.2) is 0 Å². The molecule has 0 bridgehead atoms. The van der Waals surface area contributed by atoms with Crippen molar-refractivity contribution >= 4 is 36.9 Å². The third-order valence-electron chi connectivity index (χ3n) is 0.225. The SMILES string of the molecule is C[Si](C)(Cl)PCl. The van der Waals surface area contributed by atoms with Gasteiger partial charge in [-0.05, 0) is 7.48 Å². The Morgan fingerprint density at radius 1 is 1.50 bits per heavy atom. The maximum absolute atomic E-state index is 5.74. The Hall–Kier alpha value is 1.23. The average molecular weight is 161 g/mol. The molecular weight excluding hydrogens is 154 g/mol. The van der Waals surface area contributed by atoms with Gasteiger partial charge in [0, 0.05) is 0 Å². The lowest BCUT2D eigenvalue weighted by molar-refractivity contribution is 2.07. The summed E-state index contributed by atoms with van der Waals surface area (Å²) in [5.74, 6) is 0. The van der Waals surface area contributed by atoms with Crippen LogP contribution in [-0.2, 0) is 0 Å². The molecule has 0 aromatic heterocycles. The predicted octanol–water partition coefficient (Wildman–Crippen LogP) is 2.76. The first kappa shape index (κ1) is 7.23. The van der Waals surface area contributed by atoms with Crippen LogP contribution in [0.3, 0.4) is 0 Å². The van der Waals surface area contributed by atoms with Gasteiger partial charge in [0.05, 0.1) is 0 Å². The second-order valence-corrected chi connectivity index (χ2v) is 14.5. The molecule has 0 nitrogen and oxygen atoms in total. The largest absolute Gasteiger partial charge is 0.188 e. The zero-order valence-electron chi connectivity index (χ0n) is 3.76. The molecule has 0 aromatic carbocycles. The summed E-state index contributed by atoms with van der Waals surface area (Å²) in [6.07, 6.45) is 0. The zero-order chi connectivity index (χ0) is 5.21. The molecule has 38 valence electrons. The molecule has 0 N–H and O–H groups in total. The van der Waals surface area contributed by atoms with Crippen molar-refractivity contribution in [2.45, 2.75) is 13.1 Å². The first-order valence-corrected chi connectivity index (χ1v) is 8.65. The summed E-state index contributed by atoms with van der Waals surface area (Å²) in [7, 11) is -0.922. The molecule has 0 aromatic rings. The summed E-state index contributed by atoms with van der Waals surface area (Å²) in [6, 6.07) is 0. The topological polar surface area (TPSA) is 0 Å². The van der Waals surface area contributed by atoms with E-state index in [9.17, 15) is 0 Å². The Balaban J connectivity index is 3.17. The van der Waals surface area contributed by atoms with Crippen molar-refractivity contribution < 1.29 is 0 Å². The van der Waals surface area contributed by atoms with Gasteiger partial charge in [-0.2, -0.15) is 11.1 Å². The van der Waals surface area contributed by atoms with Crippen LogP contribution in [0, 0.1) is 0 Å². The summed E-state index contributed by atoms with van der Waals surface area (Å²) in [6.45, 7) is 4.06. The van der Waals surface area contributed by atoms with Crippen molar-refractivity contribution in [1.82, 2.24) is 0 Å². The standard InChI is InChI=1S/C2H7Cl2PSi/c1-6(2,4)5-3/h5H,1-2H3. The monoisotopic (exact) mass is 160 g/mol. The molecule has 1 unspecified atom stereocenters. The molecule has 1 atom stereocenters. The molecule has 0 aliphatic carbocycles. The maximum Gasteiger partial charge on any atom is 0.188 e. The highest BCUT2D eigenvalue weighted by Crippen LogP contribution is 2.33. The minimum atomic E-state index is -1.37. The van der Waals surface area contributed by atoms with Gasteiger partial charge in [0.2, 0.25) is 0 Å². The van der Waals surface area contributed by atoms with Gasteiger partial charge in [0.15, 0.2) is 7.05 Å². The predicted molar refractivity (Wildman–Crippen MR) is 37.5 cm³/mol. The molecule has 0 saturated carbocycles. The van der Waals surface area contributed by atoms with Crippen LogP contribution in [-0.4, -0.2) is 7.05 Å². The van der Waals surface area contributed by atoms with Crippen LogP contribution in [0.4, 0.5) is 0 Å². The molecule has 0 saturated heterocycles. The molecule has 0 spiro atoms. The Morgan fingerprint density at radius 2 is 1.67 bits per heavy atom. The second-order valence-electron chi connectivity index (χ2n) is 1.57. The van der Waals surface area contributed by atoms with E-state index in [0.717, 1.165) is 0 Å². The molecule has 0 aliphatic rings. The lowest BCUT2D eigenvalue weighted by Crippen LogP contribution is -2.03.